The van der Waals surface area contributed by atoms with Crippen LogP contribution in [0.2, 0.25) is 0 Å². The van der Waals surface area contributed by atoms with Crippen LogP contribution in [0.1, 0.15) is 11.1 Å². The van der Waals surface area contributed by atoms with Crippen molar-refractivity contribution in [1.82, 2.24) is 0 Å². The third-order valence-electron chi connectivity index (χ3n) is 3.62. The molecule has 0 radical (unpaired) electrons. The molecule has 2 aromatic rings. The van der Waals surface area contributed by atoms with Gasteiger partial charge in [-0.2, -0.15) is 0 Å². The van der Waals surface area contributed by atoms with Gasteiger partial charge < -0.3 is 10.0 Å². The summed E-state index contributed by atoms with van der Waals surface area (Å²) in [7, 11) is 0. The Morgan fingerprint density at radius 3 is 2.70 bits per heavy atom. The van der Waals surface area contributed by atoms with Gasteiger partial charge in [-0.25, -0.2) is 4.79 Å². The van der Waals surface area contributed by atoms with E-state index >= 15 is 0 Å². The first-order valence-corrected chi connectivity index (χ1v) is 7.26. The van der Waals surface area contributed by atoms with Gasteiger partial charge in [-0.3, -0.25) is 0 Å². The quantitative estimate of drug-likeness (QED) is 0.936. The lowest BCUT2D eigenvalue weighted by Crippen LogP contribution is -2.38. The number of carboxylic acids is 1. The predicted molar refractivity (Wildman–Crippen MR) is 81.9 cm³/mol. The van der Waals surface area contributed by atoms with Gasteiger partial charge in [0.15, 0.2) is 0 Å². The number of carbonyl (C=O) groups is 1. The zero-order valence-corrected chi connectivity index (χ0v) is 12.4. The fourth-order valence-corrected chi connectivity index (χ4v) is 3.09. The van der Waals surface area contributed by atoms with Gasteiger partial charge in [-0.15, -0.1) is 0 Å². The van der Waals surface area contributed by atoms with Gasteiger partial charge in [0.05, 0.1) is 0 Å². The molecule has 3 rings (SSSR count). The van der Waals surface area contributed by atoms with E-state index in [2.05, 4.69) is 15.9 Å². The molecule has 102 valence electrons. The Labute approximate surface area is 126 Å². The van der Waals surface area contributed by atoms with Crippen molar-refractivity contribution in [2.45, 2.75) is 19.0 Å². The standard InChI is InChI=1S/C16H14BrNO2/c17-13-6-7-14-12(8-13)9-15(16(19)20)18(14)10-11-4-2-1-3-5-11/h1-8,15H,9-10H2,(H,19,20). The van der Waals surface area contributed by atoms with Crippen LogP contribution in [-0.4, -0.2) is 17.1 Å². The highest BCUT2D eigenvalue weighted by atomic mass is 79.9. The van der Waals surface area contributed by atoms with E-state index in [1.54, 1.807) is 0 Å². The topological polar surface area (TPSA) is 40.5 Å². The molecule has 1 N–H and O–H groups in total. The Morgan fingerprint density at radius 1 is 1.25 bits per heavy atom. The Bertz CT molecular complexity index is 642. The molecule has 3 nitrogen and oxygen atoms in total. The van der Waals surface area contributed by atoms with Crippen LogP contribution in [0.3, 0.4) is 0 Å². The second kappa shape index (κ2) is 5.29. The maximum absolute atomic E-state index is 11.5. The van der Waals surface area contributed by atoms with E-state index in [1.165, 1.54) is 0 Å². The van der Waals surface area contributed by atoms with Crippen molar-refractivity contribution in [2.75, 3.05) is 4.90 Å². The SMILES string of the molecule is O=C(O)C1Cc2cc(Br)ccc2N1Cc1ccccc1. The van der Waals surface area contributed by atoms with Crippen molar-refractivity contribution >= 4 is 27.6 Å². The molecular formula is C16H14BrNO2. The highest BCUT2D eigenvalue weighted by molar-refractivity contribution is 9.10. The van der Waals surface area contributed by atoms with Crippen molar-refractivity contribution < 1.29 is 9.90 Å². The number of hydrogen-bond donors (Lipinski definition) is 1. The number of aliphatic carboxylic acids is 1. The van der Waals surface area contributed by atoms with Gasteiger partial charge in [0.2, 0.25) is 0 Å². The molecule has 0 fully saturated rings. The molecule has 1 atom stereocenters. The molecule has 1 heterocycles. The molecule has 0 bridgehead atoms. The summed E-state index contributed by atoms with van der Waals surface area (Å²) in [4.78, 5) is 13.5. The first kappa shape index (κ1) is 13.2. The number of anilines is 1. The summed E-state index contributed by atoms with van der Waals surface area (Å²) in [6.07, 6.45) is 0.553. The van der Waals surface area contributed by atoms with Crippen molar-refractivity contribution in [1.29, 1.82) is 0 Å². The molecule has 0 amide bonds. The van der Waals surface area contributed by atoms with E-state index in [9.17, 15) is 9.90 Å². The Balaban J connectivity index is 1.96. The highest BCUT2D eigenvalue weighted by Gasteiger charge is 2.34. The van der Waals surface area contributed by atoms with Gasteiger partial charge >= 0.3 is 5.97 Å². The predicted octanol–water partition coefficient (Wildman–Crippen LogP) is 3.47. The normalized spacial score (nSPS) is 17.1. The minimum Gasteiger partial charge on any atom is -0.480 e. The zero-order chi connectivity index (χ0) is 14.1. The minimum absolute atomic E-state index is 0.487. The molecule has 0 saturated heterocycles. The van der Waals surface area contributed by atoms with Crippen LogP contribution in [-0.2, 0) is 17.8 Å². The van der Waals surface area contributed by atoms with Crippen LogP contribution in [0.15, 0.2) is 53.0 Å². The number of halogens is 1. The van der Waals surface area contributed by atoms with Crippen molar-refractivity contribution in [2.24, 2.45) is 0 Å². The zero-order valence-electron chi connectivity index (χ0n) is 10.8. The highest BCUT2D eigenvalue weighted by Crippen LogP contribution is 2.35. The fraction of sp³-hybridized carbons (Fsp3) is 0.188. The average molecular weight is 332 g/mol. The molecule has 0 spiro atoms. The van der Waals surface area contributed by atoms with Crippen molar-refractivity contribution in [3.63, 3.8) is 0 Å². The van der Waals surface area contributed by atoms with E-state index in [0.29, 0.717) is 13.0 Å². The molecule has 0 saturated carbocycles. The second-order valence-corrected chi connectivity index (χ2v) is 5.86. The van der Waals surface area contributed by atoms with Gasteiger partial charge in [0, 0.05) is 23.1 Å². The molecule has 4 heteroatoms. The summed E-state index contributed by atoms with van der Waals surface area (Å²) in [5, 5.41) is 9.45. The number of hydrogen-bond acceptors (Lipinski definition) is 2. The maximum atomic E-state index is 11.5. The monoisotopic (exact) mass is 331 g/mol. The second-order valence-electron chi connectivity index (χ2n) is 4.94. The van der Waals surface area contributed by atoms with E-state index in [1.807, 2.05) is 53.4 Å². The summed E-state index contributed by atoms with van der Waals surface area (Å²) < 4.78 is 0.988. The molecular weight excluding hydrogens is 318 g/mol. The summed E-state index contributed by atoms with van der Waals surface area (Å²) in [6.45, 7) is 0.617. The van der Waals surface area contributed by atoms with E-state index in [4.69, 9.17) is 0 Å². The van der Waals surface area contributed by atoms with Gasteiger partial charge in [-0.1, -0.05) is 46.3 Å². The lowest BCUT2D eigenvalue weighted by Gasteiger charge is -2.24. The number of benzene rings is 2. The molecule has 0 aliphatic carbocycles. The van der Waals surface area contributed by atoms with Crippen LogP contribution in [0, 0.1) is 0 Å². The van der Waals surface area contributed by atoms with Crippen molar-refractivity contribution in [3.05, 3.63) is 64.1 Å². The first-order valence-electron chi connectivity index (χ1n) is 6.47. The average Bonchev–Trinajstić information content (AvgIpc) is 2.78. The minimum atomic E-state index is -0.770. The molecule has 20 heavy (non-hydrogen) atoms. The lowest BCUT2D eigenvalue weighted by atomic mass is 10.1. The molecule has 0 aromatic heterocycles. The van der Waals surface area contributed by atoms with Crippen LogP contribution in [0.5, 0.6) is 0 Å². The van der Waals surface area contributed by atoms with Crippen LogP contribution in [0.25, 0.3) is 0 Å². The number of fused-ring (bicyclic) bond motifs is 1. The third kappa shape index (κ3) is 2.43. The van der Waals surface area contributed by atoms with Crippen molar-refractivity contribution in [3.8, 4) is 0 Å². The number of rotatable bonds is 3. The van der Waals surface area contributed by atoms with Gasteiger partial charge in [-0.05, 0) is 29.3 Å². The summed E-state index contributed by atoms with van der Waals surface area (Å²) in [5.41, 5.74) is 3.22. The van der Waals surface area contributed by atoms with Crippen LogP contribution >= 0.6 is 15.9 Å². The van der Waals surface area contributed by atoms with Gasteiger partial charge in [0.25, 0.3) is 0 Å². The summed E-state index contributed by atoms with van der Waals surface area (Å²) in [6, 6.07) is 15.4. The third-order valence-corrected chi connectivity index (χ3v) is 4.11. The van der Waals surface area contributed by atoms with E-state index in [-0.39, 0.29) is 0 Å². The summed E-state index contributed by atoms with van der Waals surface area (Å²) in [5.74, 6) is -0.770. The Kier molecular flexibility index (Phi) is 3.49. The maximum Gasteiger partial charge on any atom is 0.326 e. The molecule has 2 aromatic carbocycles. The number of carboxylic acid groups (broad SMARTS) is 1. The molecule has 1 aliphatic rings. The largest absolute Gasteiger partial charge is 0.480 e. The smallest absolute Gasteiger partial charge is 0.326 e. The van der Waals surface area contributed by atoms with Gasteiger partial charge in [0.1, 0.15) is 6.04 Å². The Hall–Kier alpha value is -1.81. The molecule has 1 unspecified atom stereocenters. The lowest BCUT2D eigenvalue weighted by molar-refractivity contribution is -0.138. The van der Waals surface area contributed by atoms with Crippen LogP contribution in [0.4, 0.5) is 5.69 Å². The number of nitrogens with zero attached hydrogens (tertiary/aromatic N) is 1. The summed E-state index contributed by atoms with van der Waals surface area (Å²) >= 11 is 3.44. The van der Waals surface area contributed by atoms with Crippen LogP contribution < -0.4 is 4.90 Å². The van der Waals surface area contributed by atoms with E-state index < -0.39 is 12.0 Å². The molecule has 1 aliphatic heterocycles. The Morgan fingerprint density at radius 2 is 2.00 bits per heavy atom. The fourth-order valence-electron chi connectivity index (χ4n) is 2.68. The van der Waals surface area contributed by atoms with E-state index in [0.717, 1.165) is 21.3 Å². The first-order chi connectivity index (χ1) is 9.65.